The summed E-state index contributed by atoms with van der Waals surface area (Å²) in [5.74, 6) is 0.828. The summed E-state index contributed by atoms with van der Waals surface area (Å²) in [5, 5.41) is 7.49. The lowest BCUT2D eigenvalue weighted by Crippen LogP contribution is -2.13. The molecule has 0 spiro atoms. The van der Waals surface area contributed by atoms with Crippen LogP contribution in [0.1, 0.15) is 17.3 Å². The van der Waals surface area contributed by atoms with Crippen LogP contribution < -0.4 is 4.74 Å². The van der Waals surface area contributed by atoms with Crippen molar-refractivity contribution in [1.82, 2.24) is 10.2 Å². The second kappa shape index (κ2) is 5.97. The molecule has 1 aromatic heterocycles. The minimum atomic E-state index is -0.175. The number of carbonyl (C=O) groups is 1. The maximum atomic E-state index is 12.2. The topological polar surface area (TPSA) is 52.1 Å². The van der Waals surface area contributed by atoms with Crippen molar-refractivity contribution in [2.75, 3.05) is 7.11 Å². The second-order valence-corrected chi connectivity index (χ2v) is 5.98. The Balaban J connectivity index is 2.05. The van der Waals surface area contributed by atoms with Crippen LogP contribution in [0.25, 0.3) is 0 Å². The molecule has 0 aliphatic rings. The van der Waals surface area contributed by atoms with Crippen molar-refractivity contribution in [3.8, 4) is 5.75 Å². The average molecular weight is 280 g/mol. The van der Waals surface area contributed by atoms with Gasteiger partial charge in [0.15, 0.2) is 10.1 Å². The van der Waals surface area contributed by atoms with Gasteiger partial charge in [-0.05, 0) is 31.2 Å². The summed E-state index contributed by atoms with van der Waals surface area (Å²) in [6.07, 6.45) is 0. The van der Waals surface area contributed by atoms with Gasteiger partial charge in [-0.3, -0.25) is 4.79 Å². The molecule has 94 valence electrons. The van der Waals surface area contributed by atoms with E-state index < -0.39 is 0 Å². The van der Waals surface area contributed by atoms with Crippen molar-refractivity contribution < 1.29 is 9.53 Å². The Morgan fingerprint density at radius 2 is 2.11 bits per heavy atom. The molecule has 1 atom stereocenters. The van der Waals surface area contributed by atoms with E-state index in [0.29, 0.717) is 5.56 Å². The maximum Gasteiger partial charge on any atom is 0.175 e. The van der Waals surface area contributed by atoms with Gasteiger partial charge in [0.1, 0.15) is 11.3 Å². The lowest BCUT2D eigenvalue weighted by atomic mass is 10.1. The molecule has 18 heavy (non-hydrogen) atoms. The van der Waals surface area contributed by atoms with E-state index in [1.807, 2.05) is 6.92 Å². The summed E-state index contributed by atoms with van der Waals surface area (Å²) in [6.45, 7) is 1.87. The van der Waals surface area contributed by atoms with E-state index in [0.717, 1.165) is 10.1 Å². The summed E-state index contributed by atoms with van der Waals surface area (Å²) in [6, 6.07) is 7.13. The quantitative estimate of drug-likeness (QED) is 0.622. The molecular formula is C12H12N2O2S2. The molecular weight excluding hydrogens is 268 g/mol. The van der Waals surface area contributed by atoms with Gasteiger partial charge in [0.05, 0.1) is 12.4 Å². The molecule has 0 saturated heterocycles. The Kier molecular flexibility index (Phi) is 4.33. The number of hydrogen-bond acceptors (Lipinski definition) is 6. The average Bonchev–Trinajstić information content (AvgIpc) is 2.91. The third-order valence-electron chi connectivity index (χ3n) is 2.36. The van der Waals surface area contributed by atoms with Crippen molar-refractivity contribution in [3.05, 3.63) is 35.3 Å². The minimum absolute atomic E-state index is 0.0813. The Labute approximate surface area is 113 Å². The number of rotatable bonds is 5. The van der Waals surface area contributed by atoms with Crippen LogP contribution in [0.5, 0.6) is 5.75 Å². The summed E-state index contributed by atoms with van der Waals surface area (Å²) < 4.78 is 5.87. The van der Waals surface area contributed by atoms with Gasteiger partial charge in [0.25, 0.3) is 0 Å². The van der Waals surface area contributed by atoms with E-state index >= 15 is 0 Å². The number of benzene rings is 1. The number of carbonyl (C=O) groups excluding carboxylic acids is 1. The number of ether oxygens (including phenoxy) is 1. The van der Waals surface area contributed by atoms with E-state index in [-0.39, 0.29) is 11.0 Å². The predicted molar refractivity (Wildman–Crippen MR) is 72.6 cm³/mol. The number of aromatic nitrogens is 2. The van der Waals surface area contributed by atoms with Gasteiger partial charge >= 0.3 is 0 Å². The first-order valence-electron chi connectivity index (χ1n) is 5.32. The third-order valence-corrected chi connectivity index (χ3v) is 4.27. The molecule has 4 nitrogen and oxygen atoms in total. The molecule has 0 aliphatic heterocycles. The van der Waals surface area contributed by atoms with Crippen molar-refractivity contribution in [2.45, 2.75) is 16.5 Å². The molecule has 1 aromatic carbocycles. The fourth-order valence-electron chi connectivity index (χ4n) is 1.41. The molecule has 2 aromatic rings. The molecule has 0 saturated carbocycles. The zero-order chi connectivity index (χ0) is 13.0. The van der Waals surface area contributed by atoms with Crippen LogP contribution in [-0.2, 0) is 0 Å². The van der Waals surface area contributed by atoms with E-state index in [4.69, 9.17) is 4.74 Å². The predicted octanol–water partition coefficient (Wildman–Crippen LogP) is 2.91. The first kappa shape index (κ1) is 13.0. The second-order valence-electron chi connectivity index (χ2n) is 3.56. The highest BCUT2D eigenvalue weighted by atomic mass is 32.2. The number of methoxy groups -OCH3 is 1. The molecule has 2 rings (SSSR count). The summed E-state index contributed by atoms with van der Waals surface area (Å²) in [4.78, 5) is 12.2. The molecule has 0 bridgehead atoms. The highest BCUT2D eigenvalue weighted by molar-refractivity contribution is 8.02. The minimum Gasteiger partial charge on any atom is -0.497 e. The zero-order valence-electron chi connectivity index (χ0n) is 9.99. The van der Waals surface area contributed by atoms with Gasteiger partial charge in [0.2, 0.25) is 0 Å². The van der Waals surface area contributed by atoms with Crippen LogP contribution in [-0.4, -0.2) is 28.3 Å². The van der Waals surface area contributed by atoms with Crippen molar-refractivity contribution in [1.29, 1.82) is 0 Å². The molecule has 0 fully saturated rings. The zero-order valence-corrected chi connectivity index (χ0v) is 11.6. The van der Waals surface area contributed by atoms with Gasteiger partial charge in [-0.15, -0.1) is 10.2 Å². The largest absolute Gasteiger partial charge is 0.497 e. The number of hydrogen-bond donors (Lipinski definition) is 0. The lowest BCUT2D eigenvalue weighted by molar-refractivity contribution is 0.0994. The van der Waals surface area contributed by atoms with Gasteiger partial charge in [-0.2, -0.15) is 0 Å². The summed E-state index contributed by atoms with van der Waals surface area (Å²) in [5.41, 5.74) is 2.34. The lowest BCUT2D eigenvalue weighted by Gasteiger charge is -2.08. The molecule has 0 radical (unpaired) electrons. The SMILES string of the molecule is COc1ccc(C(=O)[C@H](C)Sc2nncs2)cc1. The number of thioether (sulfide) groups is 1. The maximum absolute atomic E-state index is 12.2. The fourth-order valence-corrected chi connectivity index (χ4v) is 3.11. The van der Waals surface area contributed by atoms with Crippen LogP contribution in [0.2, 0.25) is 0 Å². The van der Waals surface area contributed by atoms with Gasteiger partial charge in [0, 0.05) is 5.56 Å². The highest BCUT2D eigenvalue weighted by Crippen LogP contribution is 2.26. The molecule has 6 heteroatoms. The van der Waals surface area contributed by atoms with Crippen LogP contribution in [0, 0.1) is 0 Å². The van der Waals surface area contributed by atoms with Gasteiger partial charge < -0.3 is 4.74 Å². The number of nitrogens with zero attached hydrogens (tertiary/aromatic N) is 2. The summed E-state index contributed by atoms with van der Waals surface area (Å²) >= 11 is 2.87. The first-order valence-corrected chi connectivity index (χ1v) is 7.07. The van der Waals surface area contributed by atoms with Gasteiger partial charge in [-0.25, -0.2) is 0 Å². The van der Waals surface area contributed by atoms with Crippen molar-refractivity contribution in [3.63, 3.8) is 0 Å². The van der Waals surface area contributed by atoms with Crippen molar-refractivity contribution in [2.24, 2.45) is 0 Å². The third kappa shape index (κ3) is 3.08. The molecule has 0 N–H and O–H groups in total. The molecule has 1 heterocycles. The normalized spacial score (nSPS) is 12.1. The standard InChI is InChI=1S/C12H12N2O2S2/c1-8(18-12-14-13-7-17-12)11(15)9-3-5-10(16-2)6-4-9/h3-8H,1-2H3/t8-/m0/s1. The van der Waals surface area contributed by atoms with E-state index in [9.17, 15) is 4.79 Å². The van der Waals surface area contributed by atoms with Crippen LogP contribution >= 0.6 is 23.1 Å². The number of Topliss-reactive ketones (excluding diaryl/α,β-unsaturated/α-hetero) is 1. The monoisotopic (exact) mass is 280 g/mol. The Hall–Kier alpha value is -1.40. The Bertz CT molecular complexity index is 511. The molecule has 0 amide bonds. The van der Waals surface area contributed by atoms with Crippen LogP contribution in [0.3, 0.4) is 0 Å². The van der Waals surface area contributed by atoms with Crippen LogP contribution in [0.15, 0.2) is 34.1 Å². The number of ketones is 1. The highest BCUT2D eigenvalue weighted by Gasteiger charge is 2.17. The summed E-state index contributed by atoms with van der Waals surface area (Å²) in [7, 11) is 1.60. The first-order chi connectivity index (χ1) is 8.70. The van der Waals surface area contributed by atoms with Crippen LogP contribution in [0.4, 0.5) is 0 Å². The Morgan fingerprint density at radius 3 is 2.67 bits per heavy atom. The smallest absolute Gasteiger partial charge is 0.175 e. The fraction of sp³-hybridized carbons (Fsp3) is 0.250. The van der Waals surface area contributed by atoms with Gasteiger partial charge in [-0.1, -0.05) is 23.1 Å². The Morgan fingerprint density at radius 1 is 1.39 bits per heavy atom. The van der Waals surface area contributed by atoms with Crippen molar-refractivity contribution >= 4 is 28.9 Å². The molecule has 0 unspecified atom stereocenters. The van der Waals surface area contributed by atoms with E-state index in [2.05, 4.69) is 10.2 Å². The molecule has 0 aliphatic carbocycles. The van der Waals surface area contributed by atoms with E-state index in [1.165, 1.54) is 23.1 Å². The van der Waals surface area contributed by atoms with E-state index in [1.54, 1.807) is 36.9 Å².